The largest absolute Gasteiger partial charge is 0.452 e. The van der Waals surface area contributed by atoms with Crippen LogP contribution in [0.5, 0.6) is 0 Å². The van der Waals surface area contributed by atoms with Gasteiger partial charge in [0.05, 0.1) is 4.92 Å². The second-order valence-electron chi connectivity index (χ2n) is 7.62. The highest BCUT2D eigenvalue weighted by atomic mass is 16.6. The van der Waals surface area contributed by atoms with Gasteiger partial charge in [-0.1, -0.05) is 48.5 Å². The summed E-state index contributed by atoms with van der Waals surface area (Å²) in [7, 11) is 0. The van der Waals surface area contributed by atoms with Gasteiger partial charge in [-0.15, -0.1) is 0 Å². The summed E-state index contributed by atoms with van der Waals surface area (Å²) in [5.41, 5.74) is 0.0436. The first-order chi connectivity index (χ1) is 16.3. The SMILES string of the molecule is Cc1ccccc1CNC(=O)COC(=O)c1ccc2c(c1[N+](=O)[O-])C(=O)c1ccccc1C2=O. The van der Waals surface area contributed by atoms with Crippen molar-refractivity contribution in [2.45, 2.75) is 13.5 Å². The molecule has 0 bridgehead atoms. The van der Waals surface area contributed by atoms with Crippen molar-refractivity contribution < 1.29 is 28.8 Å². The summed E-state index contributed by atoms with van der Waals surface area (Å²) >= 11 is 0. The summed E-state index contributed by atoms with van der Waals surface area (Å²) < 4.78 is 4.97. The summed E-state index contributed by atoms with van der Waals surface area (Å²) in [6.45, 7) is 1.44. The molecule has 0 aromatic heterocycles. The molecule has 0 unspecified atom stereocenters. The highest BCUT2D eigenvalue weighted by Crippen LogP contribution is 2.35. The summed E-state index contributed by atoms with van der Waals surface area (Å²) in [4.78, 5) is 61.5. The van der Waals surface area contributed by atoms with Crippen LogP contribution in [0.2, 0.25) is 0 Å². The van der Waals surface area contributed by atoms with Crippen molar-refractivity contribution in [3.05, 3.63) is 110 Å². The number of hydrogen-bond donors (Lipinski definition) is 1. The van der Waals surface area contributed by atoms with E-state index in [1.807, 2.05) is 31.2 Å². The van der Waals surface area contributed by atoms with Gasteiger partial charge < -0.3 is 10.1 Å². The number of carbonyl (C=O) groups is 4. The fourth-order valence-electron chi connectivity index (χ4n) is 3.79. The predicted molar refractivity (Wildman–Crippen MR) is 120 cm³/mol. The second kappa shape index (κ2) is 9.07. The molecule has 1 aliphatic carbocycles. The maximum atomic E-state index is 13.0. The van der Waals surface area contributed by atoms with E-state index in [-0.39, 0.29) is 23.2 Å². The Balaban J connectivity index is 1.55. The Morgan fingerprint density at radius 3 is 2.24 bits per heavy atom. The van der Waals surface area contributed by atoms with Gasteiger partial charge in [-0.2, -0.15) is 0 Å². The van der Waals surface area contributed by atoms with E-state index >= 15 is 0 Å². The van der Waals surface area contributed by atoms with Crippen LogP contribution in [0.4, 0.5) is 5.69 Å². The van der Waals surface area contributed by atoms with E-state index < -0.39 is 51.8 Å². The van der Waals surface area contributed by atoms with Gasteiger partial charge in [-0.3, -0.25) is 24.5 Å². The Bertz CT molecular complexity index is 1380. The number of nitrogens with one attached hydrogen (secondary N) is 1. The Kier molecular flexibility index (Phi) is 6.01. The van der Waals surface area contributed by atoms with Crippen LogP contribution in [0, 0.1) is 17.0 Å². The molecule has 9 nitrogen and oxygen atoms in total. The molecular weight excluding hydrogens is 440 g/mol. The molecule has 1 aliphatic rings. The maximum Gasteiger partial charge on any atom is 0.345 e. The van der Waals surface area contributed by atoms with E-state index in [0.29, 0.717) is 0 Å². The Hall–Kier alpha value is -4.66. The second-order valence-corrected chi connectivity index (χ2v) is 7.62. The molecule has 0 fully saturated rings. The van der Waals surface area contributed by atoms with Crippen molar-refractivity contribution in [2.24, 2.45) is 0 Å². The number of esters is 1. The zero-order chi connectivity index (χ0) is 24.4. The lowest BCUT2D eigenvalue weighted by atomic mass is 9.82. The van der Waals surface area contributed by atoms with Crippen LogP contribution in [-0.2, 0) is 16.1 Å². The molecule has 1 amide bonds. The minimum atomic E-state index is -1.15. The lowest BCUT2D eigenvalue weighted by Gasteiger charge is -2.18. The Labute approximate surface area is 193 Å². The van der Waals surface area contributed by atoms with Crippen LogP contribution >= 0.6 is 0 Å². The molecule has 3 aromatic carbocycles. The Morgan fingerprint density at radius 1 is 0.912 bits per heavy atom. The van der Waals surface area contributed by atoms with Crippen LogP contribution < -0.4 is 5.32 Å². The highest BCUT2D eigenvalue weighted by Gasteiger charge is 2.39. The van der Waals surface area contributed by atoms with Crippen molar-refractivity contribution in [3.8, 4) is 0 Å². The quantitative estimate of drug-likeness (QED) is 0.267. The standard InChI is InChI=1S/C25H18N2O7/c1-14-6-2-3-7-15(14)12-26-20(28)13-34-25(31)19-11-10-18-21(22(19)27(32)33)24(30)17-9-5-4-8-16(17)23(18)29/h2-11H,12-13H2,1H3,(H,26,28). The van der Waals surface area contributed by atoms with E-state index in [0.717, 1.165) is 17.2 Å². The number of nitro benzene ring substituents is 1. The van der Waals surface area contributed by atoms with Crippen LogP contribution in [0.3, 0.4) is 0 Å². The van der Waals surface area contributed by atoms with E-state index in [1.54, 1.807) is 6.07 Å². The average Bonchev–Trinajstić information content (AvgIpc) is 2.84. The highest BCUT2D eigenvalue weighted by molar-refractivity contribution is 6.30. The van der Waals surface area contributed by atoms with Crippen molar-refractivity contribution in [1.82, 2.24) is 5.32 Å². The van der Waals surface area contributed by atoms with Crippen molar-refractivity contribution in [3.63, 3.8) is 0 Å². The summed E-state index contributed by atoms with van der Waals surface area (Å²) in [6, 6.07) is 15.6. The minimum absolute atomic E-state index is 0.0178. The molecule has 1 N–H and O–H groups in total. The third-order valence-corrected chi connectivity index (χ3v) is 5.54. The van der Waals surface area contributed by atoms with E-state index in [1.165, 1.54) is 24.3 Å². The molecule has 0 aliphatic heterocycles. The summed E-state index contributed by atoms with van der Waals surface area (Å²) in [5, 5.41) is 14.5. The molecule has 34 heavy (non-hydrogen) atoms. The summed E-state index contributed by atoms with van der Waals surface area (Å²) in [5.74, 6) is -3.04. The molecule has 9 heteroatoms. The van der Waals surface area contributed by atoms with Gasteiger partial charge in [0.15, 0.2) is 12.4 Å². The molecule has 0 radical (unpaired) electrons. The van der Waals surface area contributed by atoms with Crippen LogP contribution in [-0.4, -0.2) is 35.0 Å². The lowest BCUT2D eigenvalue weighted by Crippen LogP contribution is -2.29. The van der Waals surface area contributed by atoms with Gasteiger partial charge in [0.2, 0.25) is 5.78 Å². The number of benzene rings is 3. The molecular formula is C25H18N2O7. The van der Waals surface area contributed by atoms with Crippen LogP contribution in [0.15, 0.2) is 60.7 Å². The zero-order valence-electron chi connectivity index (χ0n) is 18.0. The zero-order valence-corrected chi connectivity index (χ0v) is 18.0. The number of carbonyl (C=O) groups excluding carboxylic acids is 4. The number of nitrogens with zero attached hydrogens (tertiary/aromatic N) is 1. The van der Waals surface area contributed by atoms with Gasteiger partial charge in [-0.05, 0) is 30.2 Å². The summed E-state index contributed by atoms with van der Waals surface area (Å²) in [6.07, 6.45) is 0. The van der Waals surface area contributed by atoms with E-state index in [2.05, 4.69) is 5.32 Å². The fourth-order valence-corrected chi connectivity index (χ4v) is 3.79. The molecule has 0 atom stereocenters. The third kappa shape index (κ3) is 4.06. The number of ketones is 2. The molecule has 0 saturated heterocycles. The normalized spacial score (nSPS) is 11.9. The first-order valence-electron chi connectivity index (χ1n) is 10.3. The topological polar surface area (TPSA) is 133 Å². The molecule has 0 saturated carbocycles. The van der Waals surface area contributed by atoms with E-state index in [4.69, 9.17) is 4.74 Å². The van der Waals surface area contributed by atoms with Gasteiger partial charge in [0, 0.05) is 23.2 Å². The van der Waals surface area contributed by atoms with Gasteiger partial charge in [-0.25, -0.2) is 4.79 Å². The molecule has 3 aromatic rings. The lowest BCUT2D eigenvalue weighted by molar-refractivity contribution is -0.385. The van der Waals surface area contributed by atoms with Crippen LogP contribution in [0.1, 0.15) is 53.3 Å². The number of nitro groups is 1. The number of hydrogen-bond acceptors (Lipinski definition) is 7. The predicted octanol–water partition coefficient (Wildman–Crippen LogP) is 3.15. The number of aryl methyl sites for hydroxylation is 1. The minimum Gasteiger partial charge on any atom is -0.452 e. The first-order valence-corrected chi connectivity index (χ1v) is 10.3. The molecule has 0 spiro atoms. The third-order valence-electron chi connectivity index (χ3n) is 5.54. The van der Waals surface area contributed by atoms with Gasteiger partial charge in [0.1, 0.15) is 11.1 Å². The van der Waals surface area contributed by atoms with E-state index in [9.17, 15) is 29.3 Å². The number of amides is 1. The van der Waals surface area contributed by atoms with Gasteiger partial charge in [0.25, 0.3) is 11.6 Å². The number of rotatable bonds is 6. The van der Waals surface area contributed by atoms with Gasteiger partial charge >= 0.3 is 5.97 Å². The maximum absolute atomic E-state index is 13.0. The van der Waals surface area contributed by atoms with Crippen molar-refractivity contribution in [2.75, 3.05) is 6.61 Å². The molecule has 170 valence electrons. The smallest absolute Gasteiger partial charge is 0.345 e. The molecule has 4 rings (SSSR count). The van der Waals surface area contributed by atoms with Crippen LogP contribution in [0.25, 0.3) is 0 Å². The van der Waals surface area contributed by atoms with Crippen molar-refractivity contribution in [1.29, 1.82) is 0 Å². The Morgan fingerprint density at radius 2 is 1.56 bits per heavy atom. The fraction of sp³-hybridized carbons (Fsp3) is 0.120. The van der Waals surface area contributed by atoms with Crippen molar-refractivity contribution >= 4 is 29.1 Å². The number of ether oxygens (including phenoxy) is 1. The molecule has 0 heterocycles. The number of fused-ring (bicyclic) bond motifs is 2. The monoisotopic (exact) mass is 458 g/mol. The first kappa shape index (κ1) is 22.5. The average molecular weight is 458 g/mol.